The number of rotatable bonds is 2. The van der Waals surface area contributed by atoms with Gasteiger partial charge in [0.25, 0.3) is 5.91 Å². The minimum absolute atomic E-state index is 0.0186. The summed E-state index contributed by atoms with van der Waals surface area (Å²) in [5.41, 5.74) is 2.65. The number of likely N-dealkylation sites (N-methyl/N-ethyl adjacent to an activating group) is 1. The first kappa shape index (κ1) is 15.8. The van der Waals surface area contributed by atoms with Crippen LogP contribution in [0.5, 0.6) is 5.75 Å². The van der Waals surface area contributed by atoms with Gasteiger partial charge in [-0.05, 0) is 23.8 Å². The predicted molar refractivity (Wildman–Crippen MR) is 96.2 cm³/mol. The van der Waals surface area contributed by atoms with E-state index in [4.69, 9.17) is 9.47 Å². The summed E-state index contributed by atoms with van der Waals surface area (Å²) in [6, 6.07) is 10.2. The maximum absolute atomic E-state index is 13.0. The van der Waals surface area contributed by atoms with Gasteiger partial charge >= 0.3 is 0 Å². The van der Waals surface area contributed by atoms with Crippen molar-refractivity contribution in [1.29, 1.82) is 0 Å². The van der Waals surface area contributed by atoms with Gasteiger partial charge in [0.2, 0.25) is 0 Å². The van der Waals surface area contributed by atoms with Gasteiger partial charge in [0.15, 0.2) is 0 Å². The summed E-state index contributed by atoms with van der Waals surface area (Å²) < 4.78 is 11.7. The molecule has 3 aliphatic rings. The molecule has 1 amide bonds. The fraction of sp³-hybridized carbons (Fsp3) is 0.400. The Morgan fingerprint density at radius 3 is 2.77 bits per heavy atom. The highest BCUT2D eigenvalue weighted by molar-refractivity contribution is 5.98. The molecule has 134 valence electrons. The molecule has 26 heavy (non-hydrogen) atoms. The third kappa shape index (κ3) is 2.48. The van der Waals surface area contributed by atoms with Crippen molar-refractivity contribution in [3.63, 3.8) is 0 Å². The lowest BCUT2D eigenvalue weighted by Crippen LogP contribution is -2.49. The molecule has 3 aliphatic heterocycles. The number of nitrogens with zero attached hydrogens (tertiary/aromatic N) is 3. The number of carbonyl (C=O) groups is 1. The number of amides is 1. The standard InChI is InChI=1S/C20H21N3O3/c1-22-17-9-23(15-11-25-12-15)10-19(17)26-18-7-13(4-5-16(18)20(22)24)14-3-2-6-21-8-14/h2-8,15,17,19H,9-12H2,1H3/t17-,19+/m1/s1. The number of pyridine rings is 1. The molecule has 6 heteroatoms. The molecule has 2 atom stereocenters. The van der Waals surface area contributed by atoms with Gasteiger partial charge in [-0.25, -0.2) is 0 Å². The van der Waals surface area contributed by atoms with Gasteiger partial charge in [0, 0.05) is 38.1 Å². The van der Waals surface area contributed by atoms with Crippen molar-refractivity contribution in [1.82, 2.24) is 14.8 Å². The fourth-order valence-electron chi connectivity index (χ4n) is 4.02. The summed E-state index contributed by atoms with van der Waals surface area (Å²) in [4.78, 5) is 21.4. The Kier molecular flexibility index (Phi) is 3.69. The Morgan fingerprint density at radius 2 is 2.04 bits per heavy atom. The van der Waals surface area contributed by atoms with Crippen LogP contribution in [0.2, 0.25) is 0 Å². The van der Waals surface area contributed by atoms with Crippen LogP contribution >= 0.6 is 0 Å². The maximum atomic E-state index is 13.0. The second-order valence-electron chi connectivity index (χ2n) is 7.24. The molecule has 0 N–H and O–H groups in total. The Balaban J connectivity index is 1.49. The Labute approximate surface area is 152 Å². The lowest BCUT2D eigenvalue weighted by atomic mass is 10.0. The van der Waals surface area contributed by atoms with Gasteiger partial charge in [-0.1, -0.05) is 12.1 Å². The van der Waals surface area contributed by atoms with Crippen LogP contribution in [-0.2, 0) is 4.74 Å². The average Bonchev–Trinajstić information content (AvgIpc) is 2.99. The van der Waals surface area contributed by atoms with Crippen LogP contribution in [-0.4, -0.2) is 72.2 Å². The number of aromatic nitrogens is 1. The molecule has 1 aromatic carbocycles. The molecule has 0 saturated carbocycles. The third-order valence-corrected chi connectivity index (χ3v) is 5.71. The molecule has 5 rings (SSSR count). The zero-order chi connectivity index (χ0) is 17.7. The molecular formula is C20H21N3O3. The first-order valence-corrected chi connectivity index (χ1v) is 9.01. The SMILES string of the molecule is CN1C(=O)c2ccc(-c3cccnc3)cc2O[C@H]2CN(C3COC3)C[C@H]21. The molecule has 0 radical (unpaired) electrons. The van der Waals surface area contributed by atoms with E-state index < -0.39 is 0 Å². The zero-order valence-electron chi connectivity index (χ0n) is 14.7. The van der Waals surface area contributed by atoms with E-state index in [1.807, 2.05) is 48.5 Å². The number of fused-ring (bicyclic) bond motifs is 2. The summed E-state index contributed by atoms with van der Waals surface area (Å²) in [6.45, 7) is 3.22. The first-order chi connectivity index (χ1) is 12.7. The number of hydrogen-bond acceptors (Lipinski definition) is 5. The van der Waals surface area contributed by atoms with Crippen LogP contribution in [0.3, 0.4) is 0 Å². The molecule has 2 saturated heterocycles. The van der Waals surface area contributed by atoms with E-state index in [1.165, 1.54) is 0 Å². The van der Waals surface area contributed by atoms with E-state index in [0.29, 0.717) is 17.4 Å². The highest BCUT2D eigenvalue weighted by Gasteiger charge is 2.45. The van der Waals surface area contributed by atoms with E-state index in [2.05, 4.69) is 9.88 Å². The molecule has 0 spiro atoms. The fourth-order valence-corrected chi connectivity index (χ4v) is 4.02. The van der Waals surface area contributed by atoms with Gasteiger partial charge in [-0.3, -0.25) is 14.7 Å². The minimum atomic E-state index is -0.0186. The lowest BCUT2D eigenvalue weighted by molar-refractivity contribution is -0.0599. The molecule has 0 unspecified atom stereocenters. The molecule has 1 aromatic heterocycles. The van der Waals surface area contributed by atoms with Gasteiger partial charge in [-0.15, -0.1) is 0 Å². The lowest BCUT2D eigenvalue weighted by Gasteiger charge is -2.34. The van der Waals surface area contributed by atoms with Gasteiger partial charge < -0.3 is 14.4 Å². The maximum Gasteiger partial charge on any atom is 0.257 e. The second-order valence-corrected chi connectivity index (χ2v) is 7.24. The molecule has 6 nitrogen and oxygen atoms in total. The van der Waals surface area contributed by atoms with Crippen molar-refractivity contribution in [2.45, 2.75) is 18.2 Å². The summed E-state index contributed by atoms with van der Waals surface area (Å²) in [5.74, 6) is 0.694. The summed E-state index contributed by atoms with van der Waals surface area (Å²) >= 11 is 0. The topological polar surface area (TPSA) is 54.9 Å². The van der Waals surface area contributed by atoms with Crippen molar-refractivity contribution in [3.05, 3.63) is 48.3 Å². The van der Waals surface area contributed by atoms with Crippen LogP contribution < -0.4 is 4.74 Å². The van der Waals surface area contributed by atoms with Crippen molar-refractivity contribution >= 4 is 5.91 Å². The van der Waals surface area contributed by atoms with Crippen LogP contribution in [0, 0.1) is 0 Å². The van der Waals surface area contributed by atoms with Crippen molar-refractivity contribution in [3.8, 4) is 16.9 Å². The molecule has 4 heterocycles. The number of likely N-dealkylation sites (tertiary alicyclic amines) is 1. The number of carbonyl (C=O) groups excluding carboxylic acids is 1. The predicted octanol–water partition coefficient (Wildman–Crippen LogP) is 1.66. The van der Waals surface area contributed by atoms with E-state index >= 15 is 0 Å². The summed E-state index contributed by atoms with van der Waals surface area (Å²) in [6.07, 6.45) is 3.56. The highest BCUT2D eigenvalue weighted by atomic mass is 16.5. The van der Waals surface area contributed by atoms with Crippen LogP contribution in [0.1, 0.15) is 10.4 Å². The normalized spacial score (nSPS) is 25.9. The zero-order valence-corrected chi connectivity index (χ0v) is 14.7. The van der Waals surface area contributed by atoms with Crippen molar-refractivity contribution in [2.75, 3.05) is 33.4 Å². The van der Waals surface area contributed by atoms with Crippen LogP contribution in [0.25, 0.3) is 11.1 Å². The number of hydrogen-bond donors (Lipinski definition) is 0. The highest BCUT2D eigenvalue weighted by Crippen LogP contribution is 2.34. The molecule has 0 bridgehead atoms. The molecule has 0 aliphatic carbocycles. The molecular weight excluding hydrogens is 330 g/mol. The molecule has 2 aromatic rings. The largest absolute Gasteiger partial charge is 0.486 e. The number of benzene rings is 1. The molecule has 2 fully saturated rings. The summed E-state index contributed by atoms with van der Waals surface area (Å²) in [7, 11) is 1.88. The Morgan fingerprint density at radius 1 is 1.15 bits per heavy atom. The third-order valence-electron chi connectivity index (χ3n) is 5.71. The average molecular weight is 351 g/mol. The van der Waals surface area contributed by atoms with E-state index in [9.17, 15) is 4.79 Å². The first-order valence-electron chi connectivity index (χ1n) is 9.01. The summed E-state index contributed by atoms with van der Waals surface area (Å²) in [5, 5.41) is 0. The van der Waals surface area contributed by atoms with E-state index in [-0.39, 0.29) is 18.1 Å². The second kappa shape index (κ2) is 6.07. The van der Waals surface area contributed by atoms with Crippen LogP contribution in [0.4, 0.5) is 0 Å². The van der Waals surface area contributed by atoms with Crippen molar-refractivity contribution in [2.24, 2.45) is 0 Å². The quantitative estimate of drug-likeness (QED) is 0.824. The van der Waals surface area contributed by atoms with Gasteiger partial charge in [-0.2, -0.15) is 0 Å². The van der Waals surface area contributed by atoms with Crippen molar-refractivity contribution < 1.29 is 14.3 Å². The van der Waals surface area contributed by atoms with E-state index in [0.717, 1.165) is 37.4 Å². The smallest absolute Gasteiger partial charge is 0.257 e. The van der Waals surface area contributed by atoms with E-state index in [1.54, 1.807) is 6.20 Å². The minimum Gasteiger partial charge on any atom is -0.486 e. The van der Waals surface area contributed by atoms with Crippen LogP contribution in [0.15, 0.2) is 42.7 Å². The monoisotopic (exact) mass is 351 g/mol. The van der Waals surface area contributed by atoms with Gasteiger partial charge in [0.05, 0.1) is 30.9 Å². The Bertz CT molecular complexity index is 837. The van der Waals surface area contributed by atoms with Gasteiger partial charge in [0.1, 0.15) is 11.9 Å². The number of ether oxygens (including phenoxy) is 2. The Hall–Kier alpha value is -2.44.